The van der Waals surface area contributed by atoms with Gasteiger partial charge in [-0.3, -0.25) is 14.8 Å². The van der Waals surface area contributed by atoms with Crippen molar-refractivity contribution in [1.82, 2.24) is 15.1 Å². The molecule has 6 nitrogen and oxygen atoms in total. The van der Waals surface area contributed by atoms with Crippen LogP contribution in [0.25, 0.3) is 0 Å². The normalized spacial score (nSPS) is 10.2. The Kier molecular flexibility index (Phi) is 4.99. The number of nitrogens with one attached hydrogen (secondary N) is 2. The fourth-order valence-corrected chi connectivity index (χ4v) is 2.33. The molecule has 0 saturated carbocycles. The second kappa shape index (κ2) is 6.76. The van der Waals surface area contributed by atoms with Crippen molar-refractivity contribution in [2.24, 2.45) is 7.05 Å². The van der Waals surface area contributed by atoms with Gasteiger partial charge in [0.2, 0.25) is 0 Å². The van der Waals surface area contributed by atoms with Gasteiger partial charge >= 0.3 is 0 Å². The number of hydrogen-bond donors (Lipinski definition) is 2. The Labute approximate surface area is 138 Å². The van der Waals surface area contributed by atoms with E-state index in [4.69, 9.17) is 28.6 Å². The van der Waals surface area contributed by atoms with Crippen molar-refractivity contribution < 1.29 is 9.53 Å². The number of ether oxygens (including phenoxy) is 1. The van der Waals surface area contributed by atoms with Crippen molar-refractivity contribution in [3.8, 4) is 5.75 Å². The lowest BCUT2D eigenvalue weighted by Gasteiger charge is -2.10. The molecule has 2 rings (SSSR count). The molecule has 116 valence electrons. The summed E-state index contributed by atoms with van der Waals surface area (Å²) >= 11 is 11.2. The zero-order valence-electron chi connectivity index (χ0n) is 12.3. The number of aromatic nitrogens is 2. The number of anilines is 1. The number of carbonyl (C=O) groups is 1. The van der Waals surface area contributed by atoms with E-state index >= 15 is 0 Å². The fourth-order valence-electron chi connectivity index (χ4n) is 1.88. The number of carbonyl (C=O) groups excluding carboxylic acids is 1. The molecule has 1 amide bonds. The Balaban J connectivity index is 2.03. The summed E-state index contributed by atoms with van der Waals surface area (Å²) < 4.78 is 6.49. The molecule has 2 N–H and O–H groups in total. The van der Waals surface area contributed by atoms with Crippen LogP contribution in [0.5, 0.6) is 5.75 Å². The predicted octanol–water partition coefficient (Wildman–Crippen LogP) is 2.52. The first-order chi connectivity index (χ1) is 10.4. The summed E-state index contributed by atoms with van der Waals surface area (Å²) in [6.45, 7) is 1.73. The van der Waals surface area contributed by atoms with Crippen LogP contribution in [0.3, 0.4) is 0 Å². The number of nitrogens with zero attached hydrogens (tertiary/aromatic N) is 2. The molecule has 22 heavy (non-hydrogen) atoms. The van der Waals surface area contributed by atoms with Crippen LogP contribution < -0.4 is 15.4 Å². The highest BCUT2D eigenvalue weighted by molar-refractivity contribution is 7.80. The summed E-state index contributed by atoms with van der Waals surface area (Å²) in [6, 6.07) is 7.15. The van der Waals surface area contributed by atoms with Gasteiger partial charge in [-0.05, 0) is 43.4 Å². The Hall–Kier alpha value is -2.12. The van der Waals surface area contributed by atoms with Gasteiger partial charge in [0.05, 0.1) is 17.8 Å². The van der Waals surface area contributed by atoms with Crippen LogP contribution in [0, 0.1) is 6.92 Å². The topological polar surface area (TPSA) is 68.2 Å². The molecule has 2 aromatic rings. The lowest BCUT2D eigenvalue weighted by molar-refractivity contribution is 0.0968. The quantitative estimate of drug-likeness (QED) is 0.842. The predicted molar refractivity (Wildman–Crippen MR) is 89.6 cm³/mol. The molecule has 0 aliphatic carbocycles. The SMILES string of the molecule is COc1ccc(NC(=S)NC(=O)c2c(Cl)c(C)nn2C)cc1. The number of thiocarbonyl (C=S) groups is 1. The van der Waals surface area contributed by atoms with Crippen molar-refractivity contribution in [3.05, 3.63) is 40.7 Å². The summed E-state index contributed by atoms with van der Waals surface area (Å²) in [5.41, 5.74) is 1.58. The monoisotopic (exact) mass is 338 g/mol. The zero-order valence-corrected chi connectivity index (χ0v) is 13.9. The number of hydrogen-bond acceptors (Lipinski definition) is 4. The first-order valence-electron chi connectivity index (χ1n) is 6.38. The molecule has 0 spiro atoms. The molecule has 1 aromatic heterocycles. The molecular weight excluding hydrogens is 324 g/mol. The summed E-state index contributed by atoms with van der Waals surface area (Å²) in [5, 5.41) is 10.1. The molecule has 0 atom stereocenters. The maximum absolute atomic E-state index is 12.2. The van der Waals surface area contributed by atoms with Crippen LogP contribution in [0.15, 0.2) is 24.3 Å². The Morgan fingerprint density at radius 2 is 2.00 bits per heavy atom. The minimum atomic E-state index is -0.417. The third-order valence-electron chi connectivity index (χ3n) is 2.94. The summed E-state index contributed by atoms with van der Waals surface area (Å²) in [6.07, 6.45) is 0. The number of methoxy groups -OCH3 is 1. The molecular formula is C14H15ClN4O2S. The van der Waals surface area contributed by atoms with Crippen molar-refractivity contribution in [2.45, 2.75) is 6.92 Å². The molecule has 0 aliphatic rings. The van der Waals surface area contributed by atoms with Crippen molar-refractivity contribution in [2.75, 3.05) is 12.4 Å². The van der Waals surface area contributed by atoms with Gasteiger partial charge in [-0.2, -0.15) is 5.10 Å². The van der Waals surface area contributed by atoms with E-state index in [0.717, 1.165) is 11.4 Å². The van der Waals surface area contributed by atoms with Gasteiger partial charge in [0, 0.05) is 12.7 Å². The molecule has 1 aromatic carbocycles. The zero-order chi connectivity index (χ0) is 16.3. The van der Waals surface area contributed by atoms with Gasteiger partial charge in [0.1, 0.15) is 11.4 Å². The first-order valence-corrected chi connectivity index (χ1v) is 7.16. The number of benzene rings is 1. The van der Waals surface area contributed by atoms with E-state index in [0.29, 0.717) is 10.7 Å². The Bertz CT molecular complexity index is 712. The molecule has 0 radical (unpaired) electrons. The maximum Gasteiger partial charge on any atom is 0.277 e. The standard InChI is InChI=1S/C14H15ClN4O2S/c1-8-11(15)12(19(2)18-8)13(20)17-14(22)16-9-4-6-10(21-3)7-5-9/h4-7H,1-3H3,(H2,16,17,20,22). The summed E-state index contributed by atoms with van der Waals surface area (Å²) in [4.78, 5) is 12.2. The van der Waals surface area contributed by atoms with E-state index in [2.05, 4.69) is 15.7 Å². The largest absolute Gasteiger partial charge is 0.497 e. The van der Waals surface area contributed by atoms with E-state index in [1.165, 1.54) is 4.68 Å². The van der Waals surface area contributed by atoms with Gasteiger partial charge in [-0.15, -0.1) is 0 Å². The Morgan fingerprint density at radius 3 is 2.50 bits per heavy atom. The average Bonchev–Trinajstić information content (AvgIpc) is 2.72. The fraction of sp³-hybridized carbons (Fsp3) is 0.214. The average molecular weight is 339 g/mol. The smallest absolute Gasteiger partial charge is 0.277 e. The van der Waals surface area contributed by atoms with Crippen molar-refractivity contribution >= 4 is 40.5 Å². The van der Waals surface area contributed by atoms with Crippen LogP contribution in [0.1, 0.15) is 16.2 Å². The van der Waals surface area contributed by atoms with E-state index in [-0.39, 0.29) is 10.8 Å². The van der Waals surface area contributed by atoms with Crippen LogP contribution in [-0.2, 0) is 7.05 Å². The molecule has 0 aliphatic heterocycles. The third kappa shape index (κ3) is 3.55. The molecule has 8 heteroatoms. The van der Waals surface area contributed by atoms with Gasteiger partial charge in [0.25, 0.3) is 5.91 Å². The minimum Gasteiger partial charge on any atom is -0.497 e. The number of halogens is 1. The van der Waals surface area contributed by atoms with Gasteiger partial charge < -0.3 is 10.1 Å². The highest BCUT2D eigenvalue weighted by Crippen LogP contribution is 2.19. The van der Waals surface area contributed by atoms with E-state index in [1.807, 2.05) is 0 Å². The van der Waals surface area contributed by atoms with Gasteiger partial charge in [-0.25, -0.2) is 0 Å². The third-order valence-corrected chi connectivity index (χ3v) is 3.60. The highest BCUT2D eigenvalue weighted by Gasteiger charge is 2.19. The Morgan fingerprint density at radius 1 is 1.36 bits per heavy atom. The van der Waals surface area contributed by atoms with Crippen molar-refractivity contribution in [1.29, 1.82) is 0 Å². The van der Waals surface area contributed by atoms with Crippen LogP contribution >= 0.6 is 23.8 Å². The molecule has 0 fully saturated rings. The number of aryl methyl sites for hydroxylation is 2. The lowest BCUT2D eigenvalue weighted by Crippen LogP contribution is -2.35. The summed E-state index contributed by atoms with van der Waals surface area (Å²) in [7, 11) is 3.24. The van der Waals surface area contributed by atoms with Crippen LogP contribution in [-0.4, -0.2) is 27.9 Å². The number of rotatable bonds is 3. The van der Waals surface area contributed by atoms with Gasteiger partial charge in [-0.1, -0.05) is 11.6 Å². The van der Waals surface area contributed by atoms with Crippen LogP contribution in [0.2, 0.25) is 5.02 Å². The van der Waals surface area contributed by atoms with Crippen molar-refractivity contribution in [3.63, 3.8) is 0 Å². The maximum atomic E-state index is 12.2. The van der Waals surface area contributed by atoms with E-state index in [1.54, 1.807) is 45.3 Å². The molecule has 0 unspecified atom stereocenters. The molecule has 0 saturated heterocycles. The van der Waals surface area contributed by atoms with Gasteiger partial charge in [0.15, 0.2) is 5.11 Å². The lowest BCUT2D eigenvalue weighted by atomic mass is 10.3. The minimum absolute atomic E-state index is 0.171. The molecule has 1 heterocycles. The summed E-state index contributed by atoms with van der Waals surface area (Å²) in [5.74, 6) is 0.316. The first kappa shape index (κ1) is 16.3. The van der Waals surface area contributed by atoms with Crippen LogP contribution in [0.4, 0.5) is 5.69 Å². The van der Waals surface area contributed by atoms with E-state index < -0.39 is 5.91 Å². The highest BCUT2D eigenvalue weighted by atomic mass is 35.5. The number of amides is 1. The second-order valence-corrected chi connectivity index (χ2v) is 5.29. The van der Waals surface area contributed by atoms with E-state index in [9.17, 15) is 4.79 Å². The molecule has 0 bridgehead atoms. The second-order valence-electron chi connectivity index (χ2n) is 4.51.